The predicted molar refractivity (Wildman–Crippen MR) is 83.0 cm³/mol. The summed E-state index contributed by atoms with van der Waals surface area (Å²) in [7, 11) is 0. The second-order valence-electron chi connectivity index (χ2n) is 6.02. The topological polar surface area (TPSA) is 75.4 Å². The minimum absolute atomic E-state index is 0.223. The normalized spacial score (nSPS) is 22.6. The molecule has 1 aliphatic carbocycles. The summed E-state index contributed by atoms with van der Waals surface area (Å²) in [4.78, 5) is 16.4. The summed E-state index contributed by atoms with van der Waals surface area (Å²) in [6.45, 7) is 4.69. The molecular formula is C14H23N5OS. The molecule has 116 valence electrons. The van der Waals surface area contributed by atoms with Crippen LogP contribution in [-0.4, -0.2) is 57.6 Å². The molecule has 6 nitrogen and oxygen atoms in total. The third-order valence-electron chi connectivity index (χ3n) is 4.39. The van der Waals surface area contributed by atoms with E-state index in [1.807, 2.05) is 0 Å². The SMILES string of the molecule is CC(=O)N(CC1CCCN1CCc1nnc(N)s1)C1CC1. The van der Waals surface area contributed by atoms with Crippen LogP contribution in [0, 0.1) is 0 Å². The van der Waals surface area contributed by atoms with E-state index in [1.54, 1.807) is 6.92 Å². The lowest BCUT2D eigenvalue weighted by Crippen LogP contribution is -2.43. The van der Waals surface area contributed by atoms with E-state index in [2.05, 4.69) is 20.0 Å². The summed E-state index contributed by atoms with van der Waals surface area (Å²) in [6.07, 6.45) is 5.66. The maximum Gasteiger partial charge on any atom is 0.219 e. The Bertz CT molecular complexity index is 501. The van der Waals surface area contributed by atoms with Gasteiger partial charge in [0, 0.05) is 38.5 Å². The molecular weight excluding hydrogens is 286 g/mol. The molecule has 1 aromatic rings. The predicted octanol–water partition coefficient (Wildman–Crippen LogP) is 1.14. The molecule has 1 unspecified atom stereocenters. The number of nitrogens with two attached hydrogens (primary N) is 1. The van der Waals surface area contributed by atoms with Gasteiger partial charge in [0.2, 0.25) is 11.0 Å². The molecule has 2 heterocycles. The Morgan fingerprint density at radius 1 is 1.43 bits per heavy atom. The molecule has 1 aliphatic heterocycles. The number of hydrogen-bond acceptors (Lipinski definition) is 6. The molecule has 21 heavy (non-hydrogen) atoms. The van der Waals surface area contributed by atoms with Crippen molar-refractivity contribution in [2.45, 2.75) is 51.1 Å². The fourth-order valence-electron chi connectivity index (χ4n) is 3.15. The number of anilines is 1. The molecule has 0 aromatic carbocycles. The van der Waals surface area contributed by atoms with Crippen molar-refractivity contribution in [1.29, 1.82) is 0 Å². The van der Waals surface area contributed by atoms with E-state index in [0.717, 1.165) is 31.1 Å². The highest BCUT2D eigenvalue weighted by molar-refractivity contribution is 7.15. The van der Waals surface area contributed by atoms with Crippen molar-refractivity contribution in [3.05, 3.63) is 5.01 Å². The third kappa shape index (κ3) is 3.71. The maximum absolute atomic E-state index is 11.8. The molecule has 2 N–H and O–H groups in total. The molecule has 0 bridgehead atoms. The highest BCUT2D eigenvalue weighted by atomic mass is 32.1. The van der Waals surface area contributed by atoms with E-state index in [0.29, 0.717) is 17.2 Å². The van der Waals surface area contributed by atoms with Gasteiger partial charge in [0.05, 0.1) is 0 Å². The van der Waals surface area contributed by atoms with E-state index in [9.17, 15) is 4.79 Å². The van der Waals surface area contributed by atoms with E-state index < -0.39 is 0 Å². The number of aromatic nitrogens is 2. The van der Waals surface area contributed by atoms with Crippen LogP contribution in [0.25, 0.3) is 0 Å². The molecule has 3 rings (SSSR count). The Morgan fingerprint density at radius 3 is 2.86 bits per heavy atom. The van der Waals surface area contributed by atoms with Crippen LogP contribution in [0.3, 0.4) is 0 Å². The van der Waals surface area contributed by atoms with Gasteiger partial charge in [-0.2, -0.15) is 0 Å². The van der Waals surface area contributed by atoms with Gasteiger partial charge in [-0.15, -0.1) is 10.2 Å². The first kappa shape index (κ1) is 14.7. The van der Waals surface area contributed by atoms with Crippen molar-refractivity contribution >= 4 is 22.4 Å². The number of hydrogen-bond donors (Lipinski definition) is 1. The number of likely N-dealkylation sites (tertiary alicyclic amines) is 1. The van der Waals surface area contributed by atoms with Crippen LogP contribution in [-0.2, 0) is 11.2 Å². The number of carbonyl (C=O) groups is 1. The van der Waals surface area contributed by atoms with Gasteiger partial charge in [0.15, 0.2) is 0 Å². The molecule has 2 fully saturated rings. The summed E-state index contributed by atoms with van der Waals surface area (Å²) >= 11 is 1.47. The summed E-state index contributed by atoms with van der Waals surface area (Å²) in [5, 5.41) is 9.48. The van der Waals surface area contributed by atoms with Crippen molar-refractivity contribution in [2.24, 2.45) is 0 Å². The first-order valence-electron chi connectivity index (χ1n) is 7.72. The van der Waals surface area contributed by atoms with Gasteiger partial charge < -0.3 is 10.6 Å². The fourth-order valence-corrected chi connectivity index (χ4v) is 3.75. The molecule has 2 aliphatic rings. The molecule has 1 saturated heterocycles. The number of carbonyl (C=O) groups excluding carboxylic acids is 1. The molecule has 0 spiro atoms. The van der Waals surface area contributed by atoms with Crippen LogP contribution in [0.5, 0.6) is 0 Å². The van der Waals surface area contributed by atoms with Gasteiger partial charge in [-0.1, -0.05) is 11.3 Å². The number of amides is 1. The van der Waals surface area contributed by atoms with Crippen LogP contribution in [0.4, 0.5) is 5.13 Å². The minimum Gasteiger partial charge on any atom is -0.374 e. The van der Waals surface area contributed by atoms with E-state index >= 15 is 0 Å². The highest BCUT2D eigenvalue weighted by Gasteiger charge is 2.35. The van der Waals surface area contributed by atoms with Gasteiger partial charge in [0.1, 0.15) is 5.01 Å². The monoisotopic (exact) mass is 309 g/mol. The molecule has 7 heteroatoms. The second kappa shape index (κ2) is 6.27. The quantitative estimate of drug-likeness (QED) is 0.853. The van der Waals surface area contributed by atoms with Gasteiger partial charge in [-0.3, -0.25) is 9.69 Å². The van der Waals surface area contributed by atoms with Crippen LogP contribution < -0.4 is 5.73 Å². The van der Waals surface area contributed by atoms with Crippen molar-refractivity contribution in [3.63, 3.8) is 0 Å². The highest BCUT2D eigenvalue weighted by Crippen LogP contribution is 2.29. The lowest BCUT2D eigenvalue weighted by Gasteiger charge is -2.30. The Kier molecular flexibility index (Phi) is 4.40. The van der Waals surface area contributed by atoms with E-state index in [4.69, 9.17) is 5.73 Å². The smallest absolute Gasteiger partial charge is 0.219 e. The van der Waals surface area contributed by atoms with Crippen LogP contribution >= 0.6 is 11.3 Å². The largest absolute Gasteiger partial charge is 0.374 e. The van der Waals surface area contributed by atoms with Crippen LogP contribution in [0.1, 0.15) is 37.6 Å². The Labute approximate surface area is 129 Å². The average molecular weight is 309 g/mol. The number of nitrogen functional groups attached to an aromatic ring is 1. The zero-order chi connectivity index (χ0) is 14.8. The van der Waals surface area contributed by atoms with Crippen molar-refractivity contribution in [2.75, 3.05) is 25.4 Å². The summed E-state index contributed by atoms with van der Waals surface area (Å²) < 4.78 is 0. The van der Waals surface area contributed by atoms with Crippen LogP contribution in [0.15, 0.2) is 0 Å². The standard InChI is InChI=1S/C14H23N5OS/c1-10(20)19(11-4-5-11)9-12-3-2-7-18(12)8-6-13-16-17-14(15)21-13/h11-12H,2-9H2,1H3,(H2,15,17). The summed E-state index contributed by atoms with van der Waals surface area (Å²) in [5.41, 5.74) is 5.62. The van der Waals surface area contributed by atoms with Crippen molar-refractivity contribution in [3.8, 4) is 0 Å². The van der Waals surface area contributed by atoms with Crippen molar-refractivity contribution in [1.82, 2.24) is 20.0 Å². The summed E-state index contributed by atoms with van der Waals surface area (Å²) in [6, 6.07) is 1.01. The minimum atomic E-state index is 0.223. The van der Waals surface area contributed by atoms with Gasteiger partial charge in [-0.05, 0) is 32.2 Å². The zero-order valence-electron chi connectivity index (χ0n) is 12.5. The third-order valence-corrected chi connectivity index (χ3v) is 5.21. The van der Waals surface area contributed by atoms with Gasteiger partial charge in [-0.25, -0.2) is 0 Å². The van der Waals surface area contributed by atoms with Crippen molar-refractivity contribution < 1.29 is 4.79 Å². The maximum atomic E-state index is 11.8. The van der Waals surface area contributed by atoms with E-state index in [1.165, 1.54) is 37.0 Å². The van der Waals surface area contributed by atoms with E-state index in [-0.39, 0.29) is 5.91 Å². The summed E-state index contributed by atoms with van der Waals surface area (Å²) in [5.74, 6) is 0.223. The molecule has 1 saturated carbocycles. The lowest BCUT2D eigenvalue weighted by molar-refractivity contribution is -0.130. The lowest BCUT2D eigenvalue weighted by atomic mass is 10.2. The first-order chi connectivity index (χ1) is 10.1. The molecule has 1 aromatic heterocycles. The Balaban J connectivity index is 1.53. The first-order valence-corrected chi connectivity index (χ1v) is 8.54. The van der Waals surface area contributed by atoms with Gasteiger partial charge >= 0.3 is 0 Å². The molecule has 0 radical (unpaired) electrons. The number of nitrogens with zero attached hydrogens (tertiary/aromatic N) is 4. The van der Waals surface area contributed by atoms with Crippen LogP contribution in [0.2, 0.25) is 0 Å². The number of rotatable bonds is 6. The Hall–Kier alpha value is -1.21. The fraction of sp³-hybridized carbons (Fsp3) is 0.786. The second-order valence-corrected chi connectivity index (χ2v) is 7.11. The zero-order valence-corrected chi connectivity index (χ0v) is 13.3. The van der Waals surface area contributed by atoms with Gasteiger partial charge in [0.25, 0.3) is 0 Å². The molecule has 1 amide bonds. The Morgan fingerprint density at radius 2 is 2.24 bits per heavy atom. The molecule has 1 atom stereocenters. The average Bonchev–Trinajstić information content (AvgIpc) is 3.04.